The van der Waals surface area contributed by atoms with Crippen LogP contribution >= 0.6 is 0 Å². The number of rotatable bonds is 4. The van der Waals surface area contributed by atoms with Crippen LogP contribution in [0.2, 0.25) is 0 Å². The van der Waals surface area contributed by atoms with Crippen LogP contribution in [0.4, 0.5) is 42.5 Å². The molecule has 0 unspecified atom stereocenters. The lowest BCUT2D eigenvalue weighted by Crippen LogP contribution is -2.55. The third-order valence-corrected chi connectivity index (χ3v) is 3.84. The van der Waals surface area contributed by atoms with Gasteiger partial charge in [0, 0.05) is 0 Å². The molecule has 1 fully saturated rings. The molecule has 0 aromatic heterocycles. The van der Waals surface area contributed by atoms with E-state index in [0.29, 0.717) is 9.80 Å². The monoisotopic (exact) mass is 448 g/mol. The summed E-state index contributed by atoms with van der Waals surface area (Å²) >= 11 is 0. The smallest absolute Gasteiger partial charge is 0.406 e. The first-order chi connectivity index (χ1) is 14.3. The molecule has 0 atom stereocenters. The third kappa shape index (κ3) is 5.24. The number of halogens is 6. The maximum Gasteiger partial charge on any atom is 0.573 e. The average molecular weight is 448 g/mol. The highest BCUT2D eigenvalue weighted by Gasteiger charge is 2.40. The molecule has 0 bridgehead atoms. The molecule has 164 valence electrons. The number of alkyl halides is 6. The van der Waals surface area contributed by atoms with Crippen LogP contribution in [0.5, 0.6) is 11.5 Å². The summed E-state index contributed by atoms with van der Waals surface area (Å²) in [5.41, 5.74) is -0.280. The Morgan fingerprint density at radius 2 is 0.935 bits per heavy atom. The van der Waals surface area contributed by atoms with Crippen molar-refractivity contribution in [3.8, 4) is 11.5 Å². The van der Waals surface area contributed by atoms with E-state index in [1.54, 1.807) is 0 Å². The minimum Gasteiger partial charge on any atom is -0.406 e. The number of urea groups is 1. The second kappa shape index (κ2) is 7.81. The minimum atomic E-state index is -4.94. The van der Waals surface area contributed by atoms with E-state index in [1.165, 1.54) is 0 Å². The summed E-state index contributed by atoms with van der Waals surface area (Å²) < 4.78 is 81.0. The molecular formula is C18H10F6N2O5. The summed E-state index contributed by atoms with van der Waals surface area (Å²) in [7, 11) is 0. The summed E-state index contributed by atoms with van der Waals surface area (Å²) in [4.78, 5) is 38.3. The summed E-state index contributed by atoms with van der Waals surface area (Å²) in [6, 6.07) is 6.34. The lowest BCUT2D eigenvalue weighted by molar-refractivity contribution is -0.275. The van der Waals surface area contributed by atoms with E-state index in [-0.39, 0.29) is 11.4 Å². The first-order valence-electron chi connectivity index (χ1n) is 8.25. The molecule has 1 aliphatic rings. The molecule has 13 heteroatoms. The van der Waals surface area contributed by atoms with Crippen molar-refractivity contribution in [2.24, 2.45) is 0 Å². The zero-order valence-electron chi connectivity index (χ0n) is 15.0. The number of benzene rings is 2. The fourth-order valence-corrected chi connectivity index (χ4v) is 2.70. The molecule has 0 radical (unpaired) electrons. The van der Waals surface area contributed by atoms with Crippen LogP contribution in [0.15, 0.2) is 48.5 Å². The maximum atomic E-state index is 12.8. The number of ether oxygens (including phenoxy) is 2. The molecule has 0 aliphatic carbocycles. The molecule has 0 N–H and O–H groups in total. The van der Waals surface area contributed by atoms with Crippen LogP contribution in [-0.4, -0.2) is 30.6 Å². The molecular weight excluding hydrogens is 438 g/mol. The van der Waals surface area contributed by atoms with Gasteiger partial charge in [-0.15, -0.1) is 26.3 Å². The number of hydrogen-bond acceptors (Lipinski definition) is 5. The van der Waals surface area contributed by atoms with E-state index in [1.807, 2.05) is 0 Å². The van der Waals surface area contributed by atoms with Gasteiger partial charge in [0.1, 0.15) is 17.9 Å². The highest BCUT2D eigenvalue weighted by Crippen LogP contribution is 2.31. The van der Waals surface area contributed by atoms with Crippen LogP contribution in [0.3, 0.4) is 0 Å². The molecule has 1 saturated heterocycles. The van der Waals surface area contributed by atoms with Crippen molar-refractivity contribution in [2.45, 2.75) is 19.1 Å². The van der Waals surface area contributed by atoms with E-state index >= 15 is 0 Å². The molecule has 1 heterocycles. The number of carbonyl (C=O) groups excluding carboxylic acids is 3. The zero-order chi connectivity index (χ0) is 23.0. The fraction of sp³-hybridized carbons (Fsp3) is 0.167. The van der Waals surface area contributed by atoms with E-state index in [9.17, 15) is 40.7 Å². The Balaban J connectivity index is 1.85. The molecule has 7 nitrogen and oxygen atoms in total. The van der Waals surface area contributed by atoms with Crippen molar-refractivity contribution in [3.05, 3.63) is 48.5 Å². The zero-order valence-corrected chi connectivity index (χ0v) is 15.0. The van der Waals surface area contributed by atoms with E-state index in [4.69, 9.17) is 0 Å². The Morgan fingerprint density at radius 3 is 1.23 bits per heavy atom. The van der Waals surface area contributed by atoms with Crippen molar-refractivity contribution in [3.63, 3.8) is 0 Å². The van der Waals surface area contributed by atoms with Gasteiger partial charge in [0.25, 0.3) is 0 Å². The SMILES string of the molecule is O=C1CC(=O)N(c2ccc(OC(F)(F)F)cc2)C(=O)N1c1ccc(OC(F)(F)F)cc1. The number of amides is 4. The molecule has 2 aromatic rings. The van der Waals surface area contributed by atoms with Crippen LogP contribution in [0, 0.1) is 0 Å². The molecule has 0 spiro atoms. The Hall–Kier alpha value is -3.77. The highest BCUT2D eigenvalue weighted by atomic mass is 19.4. The number of barbiturate groups is 1. The lowest BCUT2D eigenvalue weighted by Gasteiger charge is -2.32. The second-order valence-corrected chi connectivity index (χ2v) is 6.00. The van der Waals surface area contributed by atoms with E-state index in [0.717, 1.165) is 48.5 Å². The largest absolute Gasteiger partial charge is 0.573 e. The fourth-order valence-electron chi connectivity index (χ4n) is 2.70. The van der Waals surface area contributed by atoms with Crippen LogP contribution in [0.1, 0.15) is 6.42 Å². The summed E-state index contributed by atoms with van der Waals surface area (Å²) in [5.74, 6) is -3.07. The van der Waals surface area contributed by atoms with Gasteiger partial charge in [-0.1, -0.05) is 0 Å². The van der Waals surface area contributed by atoms with Crippen molar-refractivity contribution in [2.75, 3.05) is 9.80 Å². The predicted octanol–water partition coefficient (Wildman–Crippen LogP) is 4.37. The first-order valence-corrected chi connectivity index (χ1v) is 8.25. The molecule has 4 amide bonds. The van der Waals surface area contributed by atoms with Gasteiger partial charge in [-0.3, -0.25) is 9.59 Å². The van der Waals surface area contributed by atoms with E-state index < -0.39 is 48.5 Å². The number of nitrogens with zero attached hydrogens (tertiary/aromatic N) is 2. The van der Waals surface area contributed by atoms with Gasteiger partial charge in [-0.25, -0.2) is 14.6 Å². The second-order valence-electron chi connectivity index (χ2n) is 6.00. The predicted molar refractivity (Wildman–Crippen MR) is 91.2 cm³/mol. The summed E-state index contributed by atoms with van der Waals surface area (Å²) in [6.45, 7) is 0. The summed E-state index contributed by atoms with van der Waals surface area (Å²) in [5, 5.41) is 0. The van der Waals surface area contributed by atoms with Crippen molar-refractivity contribution in [1.29, 1.82) is 0 Å². The van der Waals surface area contributed by atoms with Crippen LogP contribution < -0.4 is 19.3 Å². The first kappa shape index (κ1) is 21.9. The Kier molecular flexibility index (Phi) is 5.53. The molecule has 2 aromatic carbocycles. The highest BCUT2D eigenvalue weighted by molar-refractivity contribution is 6.35. The van der Waals surface area contributed by atoms with Crippen molar-refractivity contribution >= 4 is 29.2 Å². The topological polar surface area (TPSA) is 76.2 Å². The normalized spacial score (nSPS) is 15.4. The Labute approximate surface area is 169 Å². The standard InChI is InChI=1S/C18H10F6N2O5/c19-17(20,21)30-12-5-1-10(2-6-12)25-14(27)9-15(28)26(16(25)29)11-3-7-13(8-4-11)31-18(22,23)24/h1-8H,9H2. The van der Waals surface area contributed by atoms with Gasteiger partial charge in [0.15, 0.2) is 0 Å². The minimum absolute atomic E-state index is 0.140. The number of hydrogen-bond donors (Lipinski definition) is 0. The summed E-state index contributed by atoms with van der Waals surface area (Å²) in [6.07, 6.45) is -10.6. The van der Waals surface area contributed by atoms with Gasteiger partial charge < -0.3 is 9.47 Å². The Bertz CT molecular complexity index is 923. The molecule has 31 heavy (non-hydrogen) atoms. The van der Waals surface area contributed by atoms with Gasteiger partial charge >= 0.3 is 18.8 Å². The van der Waals surface area contributed by atoms with E-state index in [2.05, 4.69) is 9.47 Å². The number of carbonyl (C=O) groups is 3. The van der Waals surface area contributed by atoms with Crippen LogP contribution in [-0.2, 0) is 9.59 Å². The van der Waals surface area contributed by atoms with Crippen LogP contribution in [0.25, 0.3) is 0 Å². The van der Waals surface area contributed by atoms with Gasteiger partial charge in [-0.05, 0) is 48.5 Å². The number of imide groups is 2. The molecule has 3 rings (SSSR count). The third-order valence-electron chi connectivity index (χ3n) is 3.84. The quantitative estimate of drug-likeness (QED) is 0.513. The molecule has 1 aliphatic heterocycles. The lowest BCUT2D eigenvalue weighted by atomic mass is 10.2. The van der Waals surface area contributed by atoms with Gasteiger partial charge in [-0.2, -0.15) is 0 Å². The van der Waals surface area contributed by atoms with Gasteiger partial charge in [0.05, 0.1) is 11.4 Å². The Morgan fingerprint density at radius 1 is 0.613 bits per heavy atom. The molecule has 0 saturated carbocycles. The van der Waals surface area contributed by atoms with Crippen molar-refractivity contribution < 1.29 is 50.2 Å². The average Bonchev–Trinajstić information content (AvgIpc) is 2.61. The van der Waals surface area contributed by atoms with Gasteiger partial charge in [0.2, 0.25) is 11.8 Å². The van der Waals surface area contributed by atoms with Crippen molar-refractivity contribution in [1.82, 2.24) is 0 Å². The number of anilines is 2. The maximum absolute atomic E-state index is 12.8.